The van der Waals surface area contributed by atoms with Crippen molar-refractivity contribution in [2.75, 3.05) is 23.3 Å². The van der Waals surface area contributed by atoms with Gasteiger partial charge in [-0.15, -0.1) is 0 Å². The number of aryl methyl sites for hydroxylation is 1. The molecule has 1 aliphatic rings. The van der Waals surface area contributed by atoms with Crippen molar-refractivity contribution in [3.05, 3.63) is 83.6 Å². The lowest BCUT2D eigenvalue weighted by Gasteiger charge is -2.29. The second kappa shape index (κ2) is 8.41. The highest BCUT2D eigenvalue weighted by atomic mass is 19.1. The van der Waals surface area contributed by atoms with Gasteiger partial charge in [0, 0.05) is 24.5 Å². The van der Waals surface area contributed by atoms with Crippen LogP contribution < -0.4 is 15.5 Å². The molecule has 0 aliphatic carbocycles. The van der Waals surface area contributed by atoms with E-state index >= 15 is 0 Å². The van der Waals surface area contributed by atoms with Crippen molar-refractivity contribution in [2.45, 2.75) is 19.4 Å². The van der Waals surface area contributed by atoms with E-state index in [2.05, 4.69) is 21.6 Å². The number of fused-ring (bicyclic) bond motifs is 1. The lowest BCUT2D eigenvalue weighted by molar-refractivity contribution is -0.136. The third-order valence-electron chi connectivity index (χ3n) is 5.26. The monoisotopic (exact) mass is 407 g/mol. The number of halogens is 1. The third-order valence-corrected chi connectivity index (χ3v) is 5.26. The Balaban J connectivity index is 1.44. The Kier molecular flexibility index (Phi) is 5.52. The number of para-hydroxylation sites is 1. The first-order valence-electron chi connectivity index (χ1n) is 9.76. The van der Waals surface area contributed by atoms with E-state index in [0.717, 1.165) is 18.7 Å². The van der Waals surface area contributed by atoms with Crippen molar-refractivity contribution in [3.8, 4) is 0 Å². The normalized spacial score (nSPS) is 13.6. The number of carbonyl (C=O) groups is 2. The molecule has 0 spiro atoms. The molecule has 2 aromatic carbocycles. The van der Waals surface area contributed by atoms with Crippen LogP contribution in [0.2, 0.25) is 0 Å². The maximum Gasteiger partial charge on any atom is 0.313 e. The first-order chi connectivity index (χ1) is 14.5. The van der Waals surface area contributed by atoms with Crippen LogP contribution in [0, 0.1) is 12.7 Å². The molecule has 2 N–H and O–H groups in total. The molecule has 7 heteroatoms. The molecule has 1 atom stereocenters. The second-order valence-corrected chi connectivity index (χ2v) is 7.23. The zero-order chi connectivity index (χ0) is 21.1. The number of hydrogen-bond acceptors (Lipinski definition) is 4. The minimum Gasteiger partial charge on any atom is -0.467 e. The van der Waals surface area contributed by atoms with E-state index in [4.69, 9.17) is 4.42 Å². The Hall–Kier alpha value is -3.61. The molecule has 0 fully saturated rings. The van der Waals surface area contributed by atoms with Crippen LogP contribution in [0.5, 0.6) is 0 Å². The van der Waals surface area contributed by atoms with Gasteiger partial charge < -0.3 is 20.0 Å². The summed E-state index contributed by atoms with van der Waals surface area (Å²) in [6, 6.07) is 15.8. The fourth-order valence-electron chi connectivity index (χ4n) is 3.66. The van der Waals surface area contributed by atoms with E-state index in [-0.39, 0.29) is 18.3 Å². The fourth-order valence-corrected chi connectivity index (χ4v) is 3.66. The van der Waals surface area contributed by atoms with Crippen LogP contribution in [-0.4, -0.2) is 24.9 Å². The standard InChI is InChI=1S/C23H22FN3O3/c1-15-8-9-17(13-18(15)24)26-23(29)22(28)25-14-20(21-7-4-12-30-21)27-11-10-16-5-2-3-6-19(16)27/h2-9,12-13,20H,10-11,14H2,1H3,(H,25,28)(H,26,29). The molecule has 3 aromatic rings. The highest BCUT2D eigenvalue weighted by molar-refractivity contribution is 6.39. The lowest BCUT2D eigenvalue weighted by Crippen LogP contribution is -2.41. The molecule has 30 heavy (non-hydrogen) atoms. The van der Waals surface area contributed by atoms with Gasteiger partial charge in [-0.05, 0) is 54.8 Å². The molecule has 1 aromatic heterocycles. The quantitative estimate of drug-likeness (QED) is 0.634. The molecule has 1 unspecified atom stereocenters. The molecule has 6 nitrogen and oxygen atoms in total. The summed E-state index contributed by atoms with van der Waals surface area (Å²) < 4.78 is 19.3. The zero-order valence-corrected chi connectivity index (χ0v) is 16.5. The molecule has 0 saturated carbocycles. The van der Waals surface area contributed by atoms with Crippen LogP contribution in [0.4, 0.5) is 15.8 Å². The second-order valence-electron chi connectivity index (χ2n) is 7.23. The zero-order valence-electron chi connectivity index (χ0n) is 16.5. The van der Waals surface area contributed by atoms with Crippen LogP contribution in [0.1, 0.15) is 22.9 Å². The largest absolute Gasteiger partial charge is 0.467 e. The Bertz CT molecular complexity index is 1070. The molecule has 2 amide bonds. The van der Waals surface area contributed by atoms with E-state index in [1.807, 2.05) is 24.3 Å². The summed E-state index contributed by atoms with van der Waals surface area (Å²) in [5, 5.41) is 5.10. The molecular weight excluding hydrogens is 385 g/mol. The summed E-state index contributed by atoms with van der Waals surface area (Å²) >= 11 is 0. The number of hydrogen-bond donors (Lipinski definition) is 2. The summed E-state index contributed by atoms with van der Waals surface area (Å²) in [7, 11) is 0. The summed E-state index contributed by atoms with van der Waals surface area (Å²) in [5.74, 6) is -1.38. The van der Waals surface area contributed by atoms with E-state index in [1.54, 1.807) is 31.4 Å². The number of rotatable bonds is 5. The van der Waals surface area contributed by atoms with Crippen molar-refractivity contribution >= 4 is 23.2 Å². The van der Waals surface area contributed by atoms with Crippen molar-refractivity contribution in [1.29, 1.82) is 0 Å². The van der Waals surface area contributed by atoms with Crippen molar-refractivity contribution in [3.63, 3.8) is 0 Å². The number of furan rings is 1. The molecule has 2 heterocycles. The maximum absolute atomic E-state index is 13.7. The van der Waals surface area contributed by atoms with Crippen LogP contribution >= 0.6 is 0 Å². The van der Waals surface area contributed by atoms with Crippen LogP contribution in [0.25, 0.3) is 0 Å². The van der Waals surface area contributed by atoms with Gasteiger partial charge in [0.2, 0.25) is 0 Å². The fraction of sp³-hybridized carbons (Fsp3) is 0.217. The molecular formula is C23H22FN3O3. The minimum absolute atomic E-state index is 0.191. The number of anilines is 2. The van der Waals surface area contributed by atoms with Gasteiger partial charge in [-0.3, -0.25) is 9.59 Å². The van der Waals surface area contributed by atoms with Gasteiger partial charge in [0.05, 0.1) is 6.26 Å². The van der Waals surface area contributed by atoms with E-state index in [9.17, 15) is 14.0 Å². The number of nitrogens with zero attached hydrogens (tertiary/aromatic N) is 1. The summed E-state index contributed by atoms with van der Waals surface area (Å²) in [6.07, 6.45) is 2.49. The number of amides is 2. The van der Waals surface area contributed by atoms with Crippen molar-refractivity contribution in [1.82, 2.24) is 5.32 Å². The van der Waals surface area contributed by atoms with Crippen molar-refractivity contribution < 1.29 is 18.4 Å². The first-order valence-corrected chi connectivity index (χ1v) is 9.76. The Morgan fingerprint density at radius 2 is 1.97 bits per heavy atom. The molecule has 4 rings (SSSR count). The SMILES string of the molecule is Cc1ccc(NC(=O)C(=O)NCC(c2ccco2)N2CCc3ccccc32)cc1F. The number of nitrogens with one attached hydrogen (secondary N) is 2. The van der Waals surface area contributed by atoms with Gasteiger partial charge in [0.25, 0.3) is 0 Å². The predicted octanol–water partition coefficient (Wildman–Crippen LogP) is 3.59. The lowest BCUT2D eigenvalue weighted by atomic mass is 10.1. The molecule has 0 bridgehead atoms. The Morgan fingerprint density at radius 1 is 1.13 bits per heavy atom. The predicted molar refractivity (Wildman–Crippen MR) is 112 cm³/mol. The maximum atomic E-state index is 13.7. The van der Waals surface area contributed by atoms with E-state index in [0.29, 0.717) is 11.3 Å². The van der Waals surface area contributed by atoms with Crippen LogP contribution in [0.15, 0.2) is 65.3 Å². The van der Waals surface area contributed by atoms with Gasteiger partial charge in [-0.1, -0.05) is 24.3 Å². The first kappa shape index (κ1) is 19.7. The summed E-state index contributed by atoms with van der Waals surface area (Å²) in [6.45, 7) is 2.60. The van der Waals surface area contributed by atoms with Gasteiger partial charge in [0.1, 0.15) is 17.6 Å². The van der Waals surface area contributed by atoms with E-state index < -0.39 is 17.6 Å². The average Bonchev–Trinajstić information content (AvgIpc) is 3.42. The minimum atomic E-state index is -0.849. The van der Waals surface area contributed by atoms with Gasteiger partial charge in [-0.25, -0.2) is 4.39 Å². The number of carbonyl (C=O) groups excluding carboxylic acids is 2. The molecule has 1 aliphatic heterocycles. The van der Waals surface area contributed by atoms with Crippen LogP contribution in [-0.2, 0) is 16.0 Å². The topological polar surface area (TPSA) is 74.6 Å². The Labute approximate surface area is 173 Å². The summed E-state index contributed by atoms with van der Waals surface area (Å²) in [5.41, 5.74) is 3.02. The van der Waals surface area contributed by atoms with Gasteiger partial charge >= 0.3 is 11.8 Å². The van der Waals surface area contributed by atoms with Crippen LogP contribution in [0.3, 0.4) is 0 Å². The summed E-state index contributed by atoms with van der Waals surface area (Å²) in [4.78, 5) is 26.8. The smallest absolute Gasteiger partial charge is 0.313 e. The highest BCUT2D eigenvalue weighted by Gasteiger charge is 2.29. The number of benzene rings is 2. The molecule has 154 valence electrons. The van der Waals surface area contributed by atoms with E-state index in [1.165, 1.54) is 11.6 Å². The van der Waals surface area contributed by atoms with Gasteiger partial charge in [0.15, 0.2) is 0 Å². The Morgan fingerprint density at radius 3 is 2.73 bits per heavy atom. The molecule has 0 radical (unpaired) electrons. The average molecular weight is 407 g/mol. The van der Waals surface area contributed by atoms with Crippen molar-refractivity contribution in [2.24, 2.45) is 0 Å². The third kappa shape index (κ3) is 4.05. The van der Waals surface area contributed by atoms with Gasteiger partial charge in [-0.2, -0.15) is 0 Å². The molecule has 0 saturated heterocycles. The highest BCUT2D eigenvalue weighted by Crippen LogP contribution is 2.34.